The summed E-state index contributed by atoms with van der Waals surface area (Å²) in [5, 5.41) is 22.7. The maximum Gasteiger partial charge on any atom is 0.336 e. The molecule has 0 bridgehead atoms. The van der Waals surface area contributed by atoms with Crippen LogP contribution in [-0.4, -0.2) is 59.4 Å². The van der Waals surface area contributed by atoms with Gasteiger partial charge in [0, 0.05) is 19.6 Å². The molecule has 8 nitrogen and oxygen atoms in total. The molecule has 0 aromatic heterocycles. The summed E-state index contributed by atoms with van der Waals surface area (Å²) in [6.07, 6.45) is -1.54. The van der Waals surface area contributed by atoms with Crippen LogP contribution >= 0.6 is 0 Å². The van der Waals surface area contributed by atoms with Gasteiger partial charge in [-0.1, -0.05) is 30.3 Å². The van der Waals surface area contributed by atoms with Crippen LogP contribution in [-0.2, 0) is 25.5 Å². The van der Waals surface area contributed by atoms with Gasteiger partial charge in [0.1, 0.15) is 6.04 Å². The quantitative estimate of drug-likeness (QED) is 0.340. The summed E-state index contributed by atoms with van der Waals surface area (Å²) < 4.78 is 4.79. The predicted molar refractivity (Wildman–Crippen MR) is 83.1 cm³/mol. The summed E-state index contributed by atoms with van der Waals surface area (Å²) in [6, 6.07) is 8.29. The second-order valence-corrected chi connectivity index (χ2v) is 5.43. The zero-order valence-electron chi connectivity index (χ0n) is 13.0. The van der Waals surface area contributed by atoms with Crippen LogP contribution in [0.5, 0.6) is 0 Å². The Morgan fingerprint density at radius 3 is 2.46 bits per heavy atom. The van der Waals surface area contributed by atoms with E-state index >= 15 is 0 Å². The largest absolute Gasteiger partial charge is 0.479 e. The Kier molecular flexibility index (Phi) is 6.28. The first kappa shape index (κ1) is 17.9. The fourth-order valence-electron chi connectivity index (χ4n) is 2.23. The van der Waals surface area contributed by atoms with Crippen LogP contribution in [0.4, 0.5) is 0 Å². The molecule has 0 unspecified atom stereocenters. The van der Waals surface area contributed by atoms with Crippen molar-refractivity contribution in [1.82, 2.24) is 10.6 Å². The molecule has 0 aliphatic carbocycles. The molecule has 1 aromatic carbocycles. The maximum absolute atomic E-state index is 12.3. The average Bonchev–Trinajstić information content (AvgIpc) is 3.36. The van der Waals surface area contributed by atoms with Crippen molar-refractivity contribution in [3.05, 3.63) is 35.9 Å². The molecule has 1 heterocycles. The summed E-state index contributed by atoms with van der Waals surface area (Å²) in [6.45, 7) is 0.236. The maximum atomic E-state index is 12.3. The lowest BCUT2D eigenvalue weighted by Gasteiger charge is -2.18. The zero-order chi connectivity index (χ0) is 17.5. The van der Waals surface area contributed by atoms with Crippen molar-refractivity contribution in [2.45, 2.75) is 31.1 Å². The van der Waals surface area contributed by atoms with E-state index < -0.39 is 36.0 Å². The van der Waals surface area contributed by atoms with Gasteiger partial charge >= 0.3 is 5.97 Å². The first-order valence-electron chi connectivity index (χ1n) is 7.64. The van der Waals surface area contributed by atoms with Crippen LogP contribution in [0, 0.1) is 0 Å². The number of carboxylic acid groups (broad SMARTS) is 1. The van der Waals surface area contributed by atoms with Gasteiger partial charge in [0.25, 0.3) is 5.91 Å². The Morgan fingerprint density at radius 2 is 1.88 bits per heavy atom. The number of hydrogen-bond acceptors (Lipinski definition) is 5. The van der Waals surface area contributed by atoms with E-state index in [0.29, 0.717) is 6.42 Å². The number of epoxide rings is 1. The summed E-state index contributed by atoms with van der Waals surface area (Å²) in [5.74, 6) is -2.23. The highest BCUT2D eigenvalue weighted by atomic mass is 16.6. The molecule has 1 aliphatic rings. The predicted octanol–water partition coefficient (Wildman–Crippen LogP) is -0.935. The number of carboxylic acids is 1. The number of ether oxygens (including phenoxy) is 1. The third-order valence-electron chi connectivity index (χ3n) is 3.54. The van der Waals surface area contributed by atoms with E-state index in [2.05, 4.69) is 10.6 Å². The SMILES string of the molecule is O=C(NCCCO)[C@H](Cc1ccccc1)NC(=O)[C@H]1O[C@@H]1C(=O)O. The van der Waals surface area contributed by atoms with Crippen LogP contribution in [0.15, 0.2) is 30.3 Å². The summed E-state index contributed by atoms with van der Waals surface area (Å²) >= 11 is 0. The lowest BCUT2D eigenvalue weighted by molar-refractivity contribution is -0.138. The van der Waals surface area contributed by atoms with E-state index in [0.717, 1.165) is 5.56 Å². The van der Waals surface area contributed by atoms with Crippen LogP contribution < -0.4 is 10.6 Å². The van der Waals surface area contributed by atoms with Gasteiger partial charge < -0.3 is 25.6 Å². The van der Waals surface area contributed by atoms with Gasteiger partial charge in [0.05, 0.1) is 0 Å². The Labute approximate surface area is 138 Å². The highest BCUT2D eigenvalue weighted by molar-refractivity contribution is 5.95. The minimum Gasteiger partial charge on any atom is -0.479 e. The molecule has 2 rings (SSSR count). The van der Waals surface area contributed by atoms with Gasteiger partial charge in [-0.2, -0.15) is 0 Å². The van der Waals surface area contributed by atoms with E-state index in [1.165, 1.54) is 0 Å². The number of amides is 2. The first-order valence-corrected chi connectivity index (χ1v) is 7.64. The minimum atomic E-state index is -1.21. The Hall–Kier alpha value is -2.45. The molecule has 1 fully saturated rings. The van der Waals surface area contributed by atoms with Crippen LogP contribution in [0.25, 0.3) is 0 Å². The van der Waals surface area contributed by atoms with Crippen molar-refractivity contribution in [3.8, 4) is 0 Å². The lowest BCUT2D eigenvalue weighted by Crippen LogP contribution is -2.49. The van der Waals surface area contributed by atoms with Crippen molar-refractivity contribution in [2.24, 2.45) is 0 Å². The van der Waals surface area contributed by atoms with Gasteiger partial charge in [-0.15, -0.1) is 0 Å². The summed E-state index contributed by atoms with van der Waals surface area (Å²) in [7, 11) is 0. The van der Waals surface area contributed by atoms with Crippen molar-refractivity contribution >= 4 is 17.8 Å². The molecule has 0 spiro atoms. The van der Waals surface area contributed by atoms with Gasteiger partial charge in [-0.25, -0.2) is 4.79 Å². The molecule has 130 valence electrons. The lowest BCUT2D eigenvalue weighted by atomic mass is 10.0. The molecule has 0 radical (unpaired) electrons. The highest BCUT2D eigenvalue weighted by Gasteiger charge is 2.51. The number of carbonyl (C=O) groups excluding carboxylic acids is 2. The fraction of sp³-hybridized carbons (Fsp3) is 0.438. The summed E-state index contributed by atoms with van der Waals surface area (Å²) in [4.78, 5) is 35.0. The zero-order valence-corrected chi connectivity index (χ0v) is 13.0. The van der Waals surface area contributed by atoms with E-state index in [1.54, 1.807) is 0 Å². The number of rotatable bonds is 9. The smallest absolute Gasteiger partial charge is 0.336 e. The second kappa shape index (κ2) is 8.42. The molecule has 2 amide bonds. The van der Waals surface area contributed by atoms with Crippen LogP contribution in [0.1, 0.15) is 12.0 Å². The van der Waals surface area contributed by atoms with Gasteiger partial charge in [-0.05, 0) is 12.0 Å². The molecule has 1 aromatic rings. The number of aliphatic carboxylic acids is 1. The van der Waals surface area contributed by atoms with E-state index in [9.17, 15) is 14.4 Å². The molecule has 8 heteroatoms. The molecule has 3 atom stereocenters. The normalized spacial score (nSPS) is 20.0. The van der Waals surface area contributed by atoms with Crippen molar-refractivity contribution < 1.29 is 29.3 Å². The Bertz CT molecular complexity index is 591. The molecule has 1 saturated heterocycles. The number of carbonyl (C=O) groups is 3. The number of benzene rings is 1. The van der Waals surface area contributed by atoms with Crippen molar-refractivity contribution in [3.63, 3.8) is 0 Å². The molecule has 1 aliphatic heterocycles. The van der Waals surface area contributed by atoms with Crippen molar-refractivity contribution in [2.75, 3.05) is 13.2 Å². The monoisotopic (exact) mass is 336 g/mol. The Balaban J connectivity index is 1.98. The molecular formula is C16H20N2O6. The molecular weight excluding hydrogens is 316 g/mol. The molecule has 4 N–H and O–H groups in total. The number of hydrogen-bond donors (Lipinski definition) is 4. The Morgan fingerprint density at radius 1 is 1.17 bits per heavy atom. The number of aliphatic hydroxyl groups excluding tert-OH is 1. The summed E-state index contributed by atoms with van der Waals surface area (Å²) in [5.41, 5.74) is 0.853. The average molecular weight is 336 g/mol. The molecule has 0 saturated carbocycles. The highest BCUT2D eigenvalue weighted by Crippen LogP contribution is 2.22. The van der Waals surface area contributed by atoms with Gasteiger partial charge in [0.2, 0.25) is 5.91 Å². The van der Waals surface area contributed by atoms with E-state index in [4.69, 9.17) is 14.9 Å². The van der Waals surface area contributed by atoms with Crippen LogP contribution in [0.2, 0.25) is 0 Å². The van der Waals surface area contributed by atoms with Crippen LogP contribution in [0.3, 0.4) is 0 Å². The van der Waals surface area contributed by atoms with Crippen molar-refractivity contribution in [1.29, 1.82) is 0 Å². The topological polar surface area (TPSA) is 128 Å². The van der Waals surface area contributed by atoms with E-state index in [-0.39, 0.29) is 19.6 Å². The standard InChI is InChI=1S/C16H20N2O6/c19-8-4-7-17-14(20)11(9-10-5-2-1-3-6-10)18-15(21)12-13(24-12)16(22)23/h1-3,5-6,11-13,19H,4,7-9H2,(H,17,20)(H,18,21)(H,22,23)/t11-,12-,13-/m0/s1. The van der Waals surface area contributed by atoms with Gasteiger partial charge in [0.15, 0.2) is 12.2 Å². The third kappa shape index (κ3) is 5.04. The third-order valence-corrected chi connectivity index (χ3v) is 3.54. The van der Waals surface area contributed by atoms with E-state index in [1.807, 2.05) is 30.3 Å². The minimum absolute atomic E-state index is 0.0494. The number of aliphatic hydroxyl groups is 1. The number of nitrogens with one attached hydrogen (secondary N) is 2. The second-order valence-electron chi connectivity index (χ2n) is 5.43. The molecule has 24 heavy (non-hydrogen) atoms. The first-order chi connectivity index (χ1) is 11.5. The van der Waals surface area contributed by atoms with Gasteiger partial charge in [-0.3, -0.25) is 9.59 Å². The fourth-order valence-corrected chi connectivity index (χ4v) is 2.23.